The van der Waals surface area contributed by atoms with Crippen LogP contribution in [0.4, 0.5) is 0 Å². The van der Waals surface area contributed by atoms with Gasteiger partial charge in [0.15, 0.2) is 0 Å². The van der Waals surface area contributed by atoms with Crippen molar-refractivity contribution in [3.63, 3.8) is 0 Å². The normalized spacial score (nSPS) is 10.3. The lowest BCUT2D eigenvalue weighted by Crippen LogP contribution is -1.97. The van der Waals surface area contributed by atoms with Gasteiger partial charge < -0.3 is 4.74 Å². The Hall–Kier alpha value is -0.960. The van der Waals surface area contributed by atoms with Crippen molar-refractivity contribution >= 4 is 34.8 Å². The van der Waals surface area contributed by atoms with E-state index in [4.69, 9.17) is 39.5 Å². The van der Waals surface area contributed by atoms with Crippen molar-refractivity contribution in [3.05, 3.63) is 57.3 Å². The highest BCUT2D eigenvalue weighted by Crippen LogP contribution is 2.21. The molecule has 0 unspecified atom stereocenters. The van der Waals surface area contributed by atoms with E-state index in [-0.39, 0.29) is 0 Å². The Kier molecular flexibility index (Phi) is 4.11. The number of rotatable bonds is 3. The Morgan fingerprint density at radius 2 is 1.76 bits per heavy atom. The number of nitrogens with zero attached hydrogens (tertiary/aromatic N) is 1. The summed E-state index contributed by atoms with van der Waals surface area (Å²) in [5.74, 6) is 0.723. The van der Waals surface area contributed by atoms with Gasteiger partial charge in [0.25, 0.3) is 0 Å². The van der Waals surface area contributed by atoms with E-state index >= 15 is 0 Å². The van der Waals surface area contributed by atoms with Gasteiger partial charge in [0.2, 0.25) is 0 Å². The second-order valence-corrected chi connectivity index (χ2v) is 4.57. The summed E-state index contributed by atoms with van der Waals surface area (Å²) in [4.78, 5) is 3.95. The van der Waals surface area contributed by atoms with Crippen LogP contribution in [0.5, 0.6) is 5.75 Å². The number of aromatic nitrogens is 1. The molecule has 1 heterocycles. The molecule has 0 aliphatic rings. The van der Waals surface area contributed by atoms with Gasteiger partial charge in [-0.2, -0.15) is 0 Å². The second-order valence-electron chi connectivity index (χ2n) is 3.34. The smallest absolute Gasteiger partial charge is 0.130 e. The zero-order chi connectivity index (χ0) is 12.3. The molecule has 0 saturated carbocycles. The van der Waals surface area contributed by atoms with E-state index < -0.39 is 0 Å². The van der Waals surface area contributed by atoms with Gasteiger partial charge in [0, 0.05) is 16.8 Å². The zero-order valence-electron chi connectivity index (χ0n) is 8.66. The van der Waals surface area contributed by atoms with E-state index in [9.17, 15) is 0 Å². The topological polar surface area (TPSA) is 22.1 Å². The quantitative estimate of drug-likeness (QED) is 0.769. The van der Waals surface area contributed by atoms with Gasteiger partial charge in [-0.3, -0.25) is 0 Å². The van der Waals surface area contributed by atoms with Gasteiger partial charge in [0.1, 0.15) is 17.5 Å². The van der Waals surface area contributed by atoms with Crippen molar-refractivity contribution in [2.75, 3.05) is 0 Å². The highest BCUT2D eigenvalue weighted by Gasteiger charge is 2.03. The molecule has 0 aliphatic carbocycles. The molecule has 0 spiro atoms. The number of hydrogen-bond acceptors (Lipinski definition) is 2. The lowest BCUT2D eigenvalue weighted by molar-refractivity contribution is 0.306. The van der Waals surface area contributed by atoms with Crippen LogP contribution in [0.2, 0.25) is 15.2 Å². The van der Waals surface area contributed by atoms with Crippen LogP contribution in [0, 0.1) is 0 Å². The van der Waals surface area contributed by atoms with Crippen LogP contribution in [-0.4, -0.2) is 4.98 Å². The average Bonchev–Trinajstić information content (AvgIpc) is 2.30. The molecule has 2 aromatic rings. The third-order valence-corrected chi connectivity index (χ3v) is 2.91. The monoisotopic (exact) mass is 287 g/mol. The average molecular weight is 289 g/mol. The number of hydrogen-bond donors (Lipinski definition) is 0. The molecule has 0 bridgehead atoms. The Labute approximate surface area is 114 Å². The predicted octanol–water partition coefficient (Wildman–Crippen LogP) is 4.62. The van der Waals surface area contributed by atoms with Crippen LogP contribution >= 0.6 is 34.8 Å². The molecule has 0 radical (unpaired) electrons. The molecule has 88 valence electrons. The standard InChI is InChI=1S/C12H8Cl3NO/c13-9-1-3-10(4-2-9)17-7-8-6-16-12(15)5-11(8)14/h1-6H,7H2. The molecular weight excluding hydrogens is 280 g/mol. The fourth-order valence-electron chi connectivity index (χ4n) is 1.23. The van der Waals surface area contributed by atoms with E-state index in [0.29, 0.717) is 21.8 Å². The van der Waals surface area contributed by atoms with Gasteiger partial charge in [-0.15, -0.1) is 0 Å². The van der Waals surface area contributed by atoms with E-state index in [2.05, 4.69) is 4.98 Å². The third kappa shape index (κ3) is 3.50. The molecule has 0 amide bonds. The van der Waals surface area contributed by atoms with Gasteiger partial charge >= 0.3 is 0 Å². The minimum absolute atomic E-state index is 0.338. The van der Waals surface area contributed by atoms with E-state index in [1.54, 1.807) is 36.5 Å². The summed E-state index contributed by atoms with van der Waals surface area (Å²) >= 11 is 17.5. The summed E-state index contributed by atoms with van der Waals surface area (Å²) in [5, 5.41) is 1.58. The summed E-state index contributed by atoms with van der Waals surface area (Å²) < 4.78 is 5.54. The maximum Gasteiger partial charge on any atom is 0.130 e. The largest absolute Gasteiger partial charge is 0.489 e. The maximum absolute atomic E-state index is 6.00. The fraction of sp³-hybridized carbons (Fsp3) is 0.0833. The van der Waals surface area contributed by atoms with Crippen molar-refractivity contribution in [1.82, 2.24) is 4.98 Å². The first kappa shape index (κ1) is 12.5. The molecule has 0 aliphatic heterocycles. The zero-order valence-corrected chi connectivity index (χ0v) is 10.9. The first-order valence-electron chi connectivity index (χ1n) is 4.83. The van der Waals surface area contributed by atoms with Gasteiger partial charge in [-0.25, -0.2) is 4.98 Å². The van der Waals surface area contributed by atoms with Crippen molar-refractivity contribution < 1.29 is 4.74 Å². The molecule has 17 heavy (non-hydrogen) atoms. The first-order chi connectivity index (χ1) is 8.15. The molecule has 2 nitrogen and oxygen atoms in total. The number of pyridine rings is 1. The first-order valence-corrected chi connectivity index (χ1v) is 5.97. The maximum atomic E-state index is 6.00. The van der Waals surface area contributed by atoms with E-state index in [1.165, 1.54) is 0 Å². The molecule has 0 N–H and O–H groups in total. The Morgan fingerprint density at radius 3 is 2.41 bits per heavy atom. The van der Waals surface area contributed by atoms with Crippen molar-refractivity contribution in [1.29, 1.82) is 0 Å². The van der Waals surface area contributed by atoms with Crippen molar-refractivity contribution in [2.24, 2.45) is 0 Å². The SMILES string of the molecule is Clc1ccc(OCc2cnc(Cl)cc2Cl)cc1. The lowest BCUT2D eigenvalue weighted by atomic mass is 10.3. The number of ether oxygens (including phenoxy) is 1. The highest BCUT2D eigenvalue weighted by molar-refractivity contribution is 6.34. The molecule has 2 rings (SSSR count). The fourth-order valence-corrected chi connectivity index (χ4v) is 1.78. The summed E-state index contributed by atoms with van der Waals surface area (Å²) in [6.45, 7) is 0.338. The predicted molar refractivity (Wildman–Crippen MR) is 70.0 cm³/mol. The molecule has 0 atom stereocenters. The van der Waals surface area contributed by atoms with Crippen LogP contribution in [0.15, 0.2) is 36.5 Å². The minimum atomic E-state index is 0.338. The van der Waals surface area contributed by atoms with Gasteiger partial charge in [-0.05, 0) is 30.3 Å². The summed E-state index contributed by atoms with van der Waals surface area (Å²) in [5.41, 5.74) is 0.783. The van der Waals surface area contributed by atoms with Crippen LogP contribution in [0.3, 0.4) is 0 Å². The molecular formula is C12H8Cl3NO. The third-order valence-electron chi connectivity index (χ3n) is 2.10. The Morgan fingerprint density at radius 1 is 1.06 bits per heavy atom. The molecule has 5 heteroatoms. The van der Waals surface area contributed by atoms with Crippen LogP contribution < -0.4 is 4.74 Å². The Bertz CT molecular complexity index is 514. The van der Waals surface area contributed by atoms with Gasteiger partial charge in [0.05, 0.1) is 5.02 Å². The van der Waals surface area contributed by atoms with Crippen molar-refractivity contribution in [2.45, 2.75) is 6.61 Å². The number of benzene rings is 1. The van der Waals surface area contributed by atoms with E-state index in [0.717, 1.165) is 11.3 Å². The second kappa shape index (κ2) is 5.58. The number of halogens is 3. The Balaban J connectivity index is 2.04. The van der Waals surface area contributed by atoms with Crippen LogP contribution in [0.25, 0.3) is 0 Å². The summed E-state index contributed by atoms with van der Waals surface area (Å²) in [6, 6.07) is 8.69. The summed E-state index contributed by atoms with van der Waals surface area (Å²) in [6.07, 6.45) is 1.60. The molecule has 1 aromatic heterocycles. The van der Waals surface area contributed by atoms with Crippen molar-refractivity contribution in [3.8, 4) is 5.75 Å². The minimum Gasteiger partial charge on any atom is -0.489 e. The van der Waals surface area contributed by atoms with Crippen LogP contribution in [-0.2, 0) is 6.61 Å². The lowest BCUT2D eigenvalue weighted by Gasteiger charge is -2.07. The molecule has 0 fully saturated rings. The molecule has 1 aromatic carbocycles. The van der Waals surface area contributed by atoms with Gasteiger partial charge in [-0.1, -0.05) is 34.8 Å². The summed E-state index contributed by atoms with van der Waals surface area (Å²) in [7, 11) is 0. The van der Waals surface area contributed by atoms with E-state index in [1.807, 2.05) is 0 Å². The highest BCUT2D eigenvalue weighted by atomic mass is 35.5. The molecule has 0 saturated heterocycles. The van der Waals surface area contributed by atoms with Crippen LogP contribution in [0.1, 0.15) is 5.56 Å².